The minimum Gasteiger partial charge on any atom is -0.352 e. The molecule has 0 aromatic carbocycles. The van der Waals surface area contributed by atoms with Gasteiger partial charge in [0.25, 0.3) is 0 Å². The van der Waals surface area contributed by atoms with E-state index in [0.29, 0.717) is 18.0 Å². The molecule has 3 nitrogen and oxygen atoms in total. The van der Waals surface area contributed by atoms with Crippen molar-refractivity contribution < 1.29 is 4.79 Å². The lowest BCUT2D eigenvalue weighted by Gasteiger charge is -2.39. The third-order valence-corrected chi connectivity index (χ3v) is 4.87. The van der Waals surface area contributed by atoms with Gasteiger partial charge in [-0.1, -0.05) is 22.6 Å². The molecule has 15 heavy (non-hydrogen) atoms. The summed E-state index contributed by atoms with van der Waals surface area (Å²) in [6.07, 6.45) is 4.69. The van der Waals surface area contributed by atoms with E-state index in [4.69, 9.17) is 0 Å². The Morgan fingerprint density at radius 2 is 2.13 bits per heavy atom. The normalized spacial score (nSPS) is 42.4. The molecule has 0 bridgehead atoms. The molecule has 86 valence electrons. The Hall–Kier alpha value is 0.160. The van der Waals surface area contributed by atoms with E-state index in [-0.39, 0.29) is 9.83 Å². The fourth-order valence-corrected chi connectivity index (χ4v) is 3.28. The van der Waals surface area contributed by atoms with Gasteiger partial charge in [-0.15, -0.1) is 0 Å². The largest absolute Gasteiger partial charge is 0.352 e. The van der Waals surface area contributed by atoms with E-state index in [2.05, 4.69) is 40.1 Å². The molecule has 0 aromatic rings. The number of halogens is 1. The van der Waals surface area contributed by atoms with Gasteiger partial charge in [0.05, 0.1) is 3.92 Å². The Kier molecular flexibility index (Phi) is 3.88. The van der Waals surface area contributed by atoms with Crippen molar-refractivity contribution in [1.82, 2.24) is 10.6 Å². The molecule has 0 aromatic heterocycles. The highest BCUT2D eigenvalue weighted by atomic mass is 127. The zero-order valence-electron chi connectivity index (χ0n) is 9.13. The highest BCUT2D eigenvalue weighted by molar-refractivity contribution is 14.1. The summed E-state index contributed by atoms with van der Waals surface area (Å²) in [5.41, 5.74) is 0. The summed E-state index contributed by atoms with van der Waals surface area (Å²) in [4.78, 5) is 11.6. The molecule has 2 saturated heterocycles. The maximum atomic E-state index is 11.6. The first kappa shape index (κ1) is 11.6. The smallest absolute Gasteiger partial charge is 0.233 e. The van der Waals surface area contributed by atoms with Crippen molar-refractivity contribution >= 4 is 28.5 Å². The van der Waals surface area contributed by atoms with Crippen LogP contribution in [-0.2, 0) is 4.79 Å². The molecule has 2 fully saturated rings. The fraction of sp³-hybridized carbons (Fsp3) is 0.909. The monoisotopic (exact) mass is 322 g/mol. The quantitative estimate of drug-likeness (QED) is 0.567. The molecule has 4 atom stereocenters. The van der Waals surface area contributed by atoms with Gasteiger partial charge < -0.3 is 10.6 Å². The number of hydrogen-bond acceptors (Lipinski definition) is 2. The van der Waals surface area contributed by atoms with E-state index < -0.39 is 0 Å². The summed E-state index contributed by atoms with van der Waals surface area (Å²) in [6, 6.07) is 0.959. The molecule has 2 heterocycles. The number of carbonyl (C=O) groups excluding carboxylic acids is 1. The summed E-state index contributed by atoms with van der Waals surface area (Å²) >= 11 is 2.24. The molecule has 0 aliphatic carbocycles. The van der Waals surface area contributed by atoms with Crippen molar-refractivity contribution in [3.05, 3.63) is 0 Å². The second-order valence-electron chi connectivity index (χ2n) is 4.71. The van der Waals surface area contributed by atoms with Gasteiger partial charge in [0.1, 0.15) is 0 Å². The van der Waals surface area contributed by atoms with Crippen LogP contribution in [0.25, 0.3) is 0 Å². The lowest BCUT2D eigenvalue weighted by Crippen LogP contribution is -2.54. The molecule has 2 rings (SSSR count). The lowest BCUT2D eigenvalue weighted by atomic mass is 9.82. The number of carbonyl (C=O) groups is 1. The maximum Gasteiger partial charge on any atom is 0.233 e. The van der Waals surface area contributed by atoms with Gasteiger partial charge in [0.2, 0.25) is 5.91 Å². The number of piperidine rings is 2. The van der Waals surface area contributed by atoms with Crippen molar-refractivity contribution in [2.75, 3.05) is 6.54 Å². The number of nitrogens with one attached hydrogen (secondary N) is 2. The molecule has 2 aliphatic rings. The lowest BCUT2D eigenvalue weighted by molar-refractivity contribution is -0.123. The summed E-state index contributed by atoms with van der Waals surface area (Å²) in [6.45, 7) is 3.37. The number of hydrogen-bond donors (Lipinski definition) is 2. The number of alkyl halides is 1. The van der Waals surface area contributed by atoms with Gasteiger partial charge in [0, 0.05) is 12.1 Å². The second kappa shape index (κ2) is 4.99. The maximum absolute atomic E-state index is 11.6. The third-order valence-electron chi connectivity index (χ3n) is 3.68. The molecule has 2 aliphatic heterocycles. The fourth-order valence-electron chi connectivity index (χ4n) is 2.74. The van der Waals surface area contributed by atoms with Gasteiger partial charge in [-0.2, -0.15) is 0 Å². The Morgan fingerprint density at radius 1 is 1.33 bits per heavy atom. The summed E-state index contributed by atoms with van der Waals surface area (Å²) in [5, 5.41) is 6.68. The van der Waals surface area contributed by atoms with Crippen LogP contribution in [0.5, 0.6) is 0 Å². The SMILES string of the molecule is C[C@H]1NCCC[C@@H]1[C@H]1CCC(I)C(=O)N1. The molecule has 0 spiro atoms. The van der Waals surface area contributed by atoms with E-state index in [1.54, 1.807) is 0 Å². The molecule has 1 unspecified atom stereocenters. The van der Waals surface area contributed by atoms with E-state index in [0.717, 1.165) is 19.4 Å². The van der Waals surface area contributed by atoms with E-state index in [9.17, 15) is 4.79 Å². The molecule has 0 radical (unpaired) electrons. The van der Waals surface area contributed by atoms with Gasteiger partial charge in [-0.3, -0.25) is 4.79 Å². The molecule has 2 N–H and O–H groups in total. The predicted molar refractivity (Wildman–Crippen MR) is 69.2 cm³/mol. The van der Waals surface area contributed by atoms with Crippen LogP contribution in [0.1, 0.15) is 32.6 Å². The highest BCUT2D eigenvalue weighted by Crippen LogP contribution is 2.27. The standard InChI is InChI=1S/C11H19IN2O/c1-7-8(3-2-6-13-7)10-5-4-9(12)11(15)14-10/h7-10,13H,2-6H2,1H3,(H,14,15)/t7-,8+,9?,10-/m1/s1. The van der Waals surface area contributed by atoms with Crippen molar-refractivity contribution in [3.63, 3.8) is 0 Å². The van der Waals surface area contributed by atoms with Crippen LogP contribution in [0, 0.1) is 5.92 Å². The van der Waals surface area contributed by atoms with Gasteiger partial charge >= 0.3 is 0 Å². The van der Waals surface area contributed by atoms with Crippen molar-refractivity contribution in [2.45, 2.75) is 48.6 Å². The van der Waals surface area contributed by atoms with Crippen LogP contribution >= 0.6 is 22.6 Å². The Labute approximate surface area is 105 Å². The Morgan fingerprint density at radius 3 is 2.80 bits per heavy atom. The summed E-state index contributed by atoms with van der Waals surface area (Å²) in [5.74, 6) is 0.872. The molecule has 1 amide bonds. The summed E-state index contributed by atoms with van der Waals surface area (Å²) in [7, 11) is 0. The first-order valence-electron chi connectivity index (χ1n) is 5.86. The van der Waals surface area contributed by atoms with Gasteiger partial charge in [0.15, 0.2) is 0 Å². The van der Waals surface area contributed by atoms with Crippen molar-refractivity contribution in [3.8, 4) is 0 Å². The van der Waals surface area contributed by atoms with E-state index in [1.807, 2.05) is 0 Å². The molecular formula is C11H19IN2O. The predicted octanol–water partition coefficient (Wildman–Crippen LogP) is 1.46. The van der Waals surface area contributed by atoms with Crippen molar-refractivity contribution in [1.29, 1.82) is 0 Å². The molecule has 0 saturated carbocycles. The topological polar surface area (TPSA) is 41.1 Å². The molecule has 4 heteroatoms. The first-order chi connectivity index (χ1) is 7.18. The van der Waals surface area contributed by atoms with E-state index >= 15 is 0 Å². The number of amides is 1. The highest BCUT2D eigenvalue weighted by Gasteiger charge is 2.34. The van der Waals surface area contributed by atoms with Crippen LogP contribution < -0.4 is 10.6 Å². The van der Waals surface area contributed by atoms with Crippen LogP contribution in [0.15, 0.2) is 0 Å². The Balaban J connectivity index is 1.95. The average Bonchev–Trinajstić information content (AvgIpc) is 2.23. The zero-order valence-corrected chi connectivity index (χ0v) is 11.3. The van der Waals surface area contributed by atoms with Gasteiger partial charge in [-0.05, 0) is 45.1 Å². The van der Waals surface area contributed by atoms with Crippen LogP contribution in [-0.4, -0.2) is 28.5 Å². The third kappa shape index (κ3) is 2.64. The van der Waals surface area contributed by atoms with Crippen LogP contribution in [0.3, 0.4) is 0 Å². The number of rotatable bonds is 1. The van der Waals surface area contributed by atoms with Crippen LogP contribution in [0.4, 0.5) is 0 Å². The van der Waals surface area contributed by atoms with Crippen molar-refractivity contribution in [2.24, 2.45) is 5.92 Å². The molecular weight excluding hydrogens is 303 g/mol. The summed E-state index contributed by atoms with van der Waals surface area (Å²) < 4.78 is 0.186. The average molecular weight is 322 g/mol. The zero-order chi connectivity index (χ0) is 10.8. The van der Waals surface area contributed by atoms with Crippen LogP contribution in [0.2, 0.25) is 0 Å². The van der Waals surface area contributed by atoms with E-state index in [1.165, 1.54) is 12.8 Å². The minimum atomic E-state index is 0.186. The first-order valence-corrected chi connectivity index (χ1v) is 7.11. The Bertz CT molecular complexity index is 247. The second-order valence-corrected chi connectivity index (χ2v) is 6.21. The van der Waals surface area contributed by atoms with Gasteiger partial charge in [-0.25, -0.2) is 0 Å². The minimum absolute atomic E-state index is 0.186.